The highest BCUT2D eigenvalue weighted by molar-refractivity contribution is 5.95. The average molecular weight is 485 g/mol. The maximum Gasteiger partial charge on any atom is 0.387 e. The van der Waals surface area contributed by atoms with Crippen molar-refractivity contribution < 1.29 is 18.3 Å². The number of carbonyl (C=O) groups is 1. The Balaban J connectivity index is 1.51. The third-order valence-corrected chi connectivity index (χ3v) is 6.06. The van der Waals surface area contributed by atoms with Crippen molar-refractivity contribution in [1.82, 2.24) is 9.88 Å². The number of para-hydroxylation sites is 2. The molecular formula is C29H22F2N2O3. The molecule has 4 aromatic carbocycles. The number of benzene rings is 4. The number of rotatable bonds is 7. The largest absolute Gasteiger partial charge is 0.435 e. The zero-order valence-corrected chi connectivity index (χ0v) is 19.1. The van der Waals surface area contributed by atoms with Crippen LogP contribution in [0.4, 0.5) is 8.78 Å². The summed E-state index contributed by atoms with van der Waals surface area (Å²) >= 11 is 0. The van der Waals surface area contributed by atoms with Crippen molar-refractivity contribution in [3.63, 3.8) is 0 Å². The summed E-state index contributed by atoms with van der Waals surface area (Å²) < 4.78 is 31.4. The van der Waals surface area contributed by atoms with Crippen LogP contribution in [0, 0.1) is 0 Å². The highest BCUT2D eigenvalue weighted by Gasteiger charge is 2.19. The summed E-state index contributed by atoms with van der Waals surface area (Å²) in [6.07, 6.45) is 0. The molecule has 0 radical (unpaired) electrons. The Morgan fingerprint density at radius 3 is 1.86 bits per heavy atom. The van der Waals surface area contributed by atoms with E-state index in [2.05, 4.69) is 10.1 Å². The van der Waals surface area contributed by atoms with Gasteiger partial charge in [-0.3, -0.25) is 9.59 Å². The molecule has 0 aliphatic heterocycles. The van der Waals surface area contributed by atoms with Gasteiger partial charge in [0.05, 0.1) is 17.1 Å². The number of halogens is 2. The summed E-state index contributed by atoms with van der Waals surface area (Å²) in [5.74, 6) is -0.228. The van der Waals surface area contributed by atoms with E-state index >= 15 is 0 Å². The second-order valence-corrected chi connectivity index (χ2v) is 8.31. The van der Waals surface area contributed by atoms with Gasteiger partial charge >= 0.3 is 6.61 Å². The summed E-state index contributed by atoms with van der Waals surface area (Å²) in [7, 11) is 0. The number of nitrogens with zero attached hydrogens (tertiary/aromatic N) is 1. The molecule has 0 saturated heterocycles. The number of alkyl halides is 2. The van der Waals surface area contributed by atoms with Crippen LogP contribution in [0.25, 0.3) is 21.8 Å². The third kappa shape index (κ3) is 4.68. The highest BCUT2D eigenvalue weighted by Crippen LogP contribution is 2.25. The van der Waals surface area contributed by atoms with Gasteiger partial charge in [-0.2, -0.15) is 8.78 Å². The van der Waals surface area contributed by atoms with Crippen molar-refractivity contribution in [2.24, 2.45) is 0 Å². The summed E-state index contributed by atoms with van der Waals surface area (Å²) in [4.78, 5) is 26.4. The fourth-order valence-electron chi connectivity index (χ4n) is 4.44. The molecule has 5 aromatic rings. The number of pyridine rings is 1. The topological polar surface area (TPSA) is 60.3 Å². The Morgan fingerprint density at radius 1 is 0.750 bits per heavy atom. The highest BCUT2D eigenvalue weighted by atomic mass is 19.3. The van der Waals surface area contributed by atoms with Crippen LogP contribution >= 0.6 is 0 Å². The molecule has 1 unspecified atom stereocenters. The van der Waals surface area contributed by atoms with Gasteiger partial charge in [-0.05, 0) is 47.5 Å². The molecule has 1 heterocycles. The standard InChI is InChI=1S/C29H22F2N2O3/c30-29(31)36-21-16-14-20(15-17-21)27(19-8-2-1-3-9-19)32-26(34)18-33-24-12-6-4-10-22(24)28(35)23-11-5-7-13-25(23)33/h1-17,27,29H,18H2,(H,32,34). The molecule has 5 nitrogen and oxygen atoms in total. The van der Waals surface area contributed by atoms with Crippen LogP contribution in [0.1, 0.15) is 17.2 Å². The second kappa shape index (κ2) is 10.00. The van der Waals surface area contributed by atoms with Crippen molar-refractivity contribution in [3.05, 3.63) is 124 Å². The maximum absolute atomic E-state index is 13.4. The average Bonchev–Trinajstić information content (AvgIpc) is 2.90. The molecule has 1 aromatic heterocycles. The van der Waals surface area contributed by atoms with E-state index in [0.717, 1.165) is 5.56 Å². The van der Waals surface area contributed by atoms with Gasteiger partial charge in [-0.15, -0.1) is 0 Å². The molecule has 7 heteroatoms. The smallest absolute Gasteiger partial charge is 0.387 e. The molecule has 0 saturated carbocycles. The Kier molecular flexibility index (Phi) is 6.45. The van der Waals surface area contributed by atoms with E-state index in [1.807, 2.05) is 59.2 Å². The number of hydrogen-bond acceptors (Lipinski definition) is 3. The Hall–Kier alpha value is -4.52. The first kappa shape index (κ1) is 23.2. The van der Waals surface area contributed by atoms with Crippen molar-refractivity contribution in [3.8, 4) is 5.75 Å². The third-order valence-electron chi connectivity index (χ3n) is 6.06. The van der Waals surface area contributed by atoms with Gasteiger partial charge in [-0.1, -0.05) is 66.7 Å². The molecule has 1 amide bonds. The van der Waals surface area contributed by atoms with Crippen LogP contribution < -0.4 is 15.5 Å². The maximum atomic E-state index is 13.4. The zero-order valence-electron chi connectivity index (χ0n) is 19.1. The van der Waals surface area contributed by atoms with Crippen LogP contribution in [-0.4, -0.2) is 17.1 Å². The van der Waals surface area contributed by atoms with Crippen molar-refractivity contribution in [1.29, 1.82) is 0 Å². The van der Waals surface area contributed by atoms with E-state index in [-0.39, 0.29) is 23.6 Å². The van der Waals surface area contributed by atoms with Gasteiger partial charge < -0.3 is 14.6 Å². The SMILES string of the molecule is O=C(Cn1c2ccccc2c(=O)c2ccccc21)NC(c1ccccc1)c1ccc(OC(F)F)cc1. The number of hydrogen-bond donors (Lipinski definition) is 1. The van der Waals surface area contributed by atoms with E-state index in [9.17, 15) is 18.4 Å². The lowest BCUT2D eigenvalue weighted by atomic mass is 9.98. The van der Waals surface area contributed by atoms with Crippen LogP contribution in [0.3, 0.4) is 0 Å². The van der Waals surface area contributed by atoms with Crippen LogP contribution in [0.5, 0.6) is 5.75 Å². The Bertz CT molecular complexity index is 1520. The van der Waals surface area contributed by atoms with E-state index in [0.29, 0.717) is 27.4 Å². The van der Waals surface area contributed by atoms with Crippen molar-refractivity contribution >= 4 is 27.7 Å². The molecule has 36 heavy (non-hydrogen) atoms. The van der Waals surface area contributed by atoms with Gasteiger partial charge in [0.1, 0.15) is 12.3 Å². The van der Waals surface area contributed by atoms with E-state index in [1.165, 1.54) is 12.1 Å². The molecule has 0 bridgehead atoms. The second-order valence-electron chi connectivity index (χ2n) is 8.31. The molecule has 0 spiro atoms. The lowest BCUT2D eigenvalue weighted by molar-refractivity contribution is -0.122. The molecule has 1 atom stereocenters. The summed E-state index contributed by atoms with van der Waals surface area (Å²) in [5.41, 5.74) is 2.81. The summed E-state index contributed by atoms with van der Waals surface area (Å²) in [6, 6.07) is 29.5. The summed E-state index contributed by atoms with van der Waals surface area (Å²) in [5, 5.41) is 4.16. The molecule has 180 valence electrons. The fraction of sp³-hybridized carbons (Fsp3) is 0.103. The number of nitrogens with one attached hydrogen (secondary N) is 1. The van der Waals surface area contributed by atoms with Gasteiger partial charge in [-0.25, -0.2) is 0 Å². The minimum Gasteiger partial charge on any atom is -0.435 e. The molecular weight excluding hydrogens is 462 g/mol. The van der Waals surface area contributed by atoms with E-state index in [4.69, 9.17) is 0 Å². The minimum absolute atomic E-state index is 0.0166. The number of carbonyl (C=O) groups excluding carboxylic acids is 1. The number of fused-ring (bicyclic) bond motifs is 2. The van der Waals surface area contributed by atoms with Gasteiger partial charge in [0.2, 0.25) is 5.91 Å². The van der Waals surface area contributed by atoms with Crippen molar-refractivity contribution in [2.75, 3.05) is 0 Å². The van der Waals surface area contributed by atoms with Crippen molar-refractivity contribution in [2.45, 2.75) is 19.2 Å². The first-order valence-electron chi connectivity index (χ1n) is 11.4. The normalized spacial score (nSPS) is 12.1. The number of ether oxygens (including phenoxy) is 1. The molecule has 0 aliphatic rings. The lowest BCUT2D eigenvalue weighted by Gasteiger charge is -2.22. The zero-order chi connectivity index (χ0) is 25.1. The van der Waals surface area contributed by atoms with Gasteiger partial charge in [0, 0.05) is 10.8 Å². The quantitative estimate of drug-likeness (QED) is 0.303. The van der Waals surface area contributed by atoms with E-state index in [1.54, 1.807) is 36.4 Å². The predicted molar refractivity (Wildman–Crippen MR) is 135 cm³/mol. The van der Waals surface area contributed by atoms with Crippen LogP contribution in [0.15, 0.2) is 108 Å². The van der Waals surface area contributed by atoms with Gasteiger partial charge in [0.15, 0.2) is 5.43 Å². The monoisotopic (exact) mass is 484 g/mol. The Labute approximate surface area is 205 Å². The van der Waals surface area contributed by atoms with Crippen LogP contribution in [0.2, 0.25) is 0 Å². The molecule has 0 fully saturated rings. The lowest BCUT2D eigenvalue weighted by Crippen LogP contribution is -2.32. The summed E-state index contributed by atoms with van der Waals surface area (Å²) in [6.45, 7) is -2.93. The van der Waals surface area contributed by atoms with E-state index < -0.39 is 12.7 Å². The Morgan fingerprint density at radius 2 is 1.28 bits per heavy atom. The number of aromatic nitrogens is 1. The fourth-order valence-corrected chi connectivity index (χ4v) is 4.44. The first-order chi connectivity index (χ1) is 17.5. The molecule has 5 rings (SSSR count). The first-order valence-corrected chi connectivity index (χ1v) is 11.4. The molecule has 0 aliphatic carbocycles. The molecule has 1 N–H and O–H groups in total. The predicted octanol–water partition coefficient (Wildman–Crippen LogP) is 5.66. The van der Waals surface area contributed by atoms with Gasteiger partial charge in [0.25, 0.3) is 0 Å². The number of amides is 1. The van der Waals surface area contributed by atoms with Crippen LogP contribution in [-0.2, 0) is 11.3 Å². The minimum atomic E-state index is -2.91.